The van der Waals surface area contributed by atoms with Crippen LogP contribution >= 0.6 is 11.6 Å². The maximum atomic E-state index is 12.2. The fourth-order valence-corrected chi connectivity index (χ4v) is 3.37. The highest BCUT2D eigenvalue weighted by Gasteiger charge is 2.18. The zero-order chi connectivity index (χ0) is 19.8. The largest absolute Gasteiger partial charge is 0.491 e. The molecule has 150 valence electrons. The van der Waals surface area contributed by atoms with E-state index in [9.17, 15) is 4.79 Å². The fraction of sp³-hybridized carbons (Fsp3) is 0.409. The van der Waals surface area contributed by atoms with Gasteiger partial charge in [0.15, 0.2) is 0 Å². The van der Waals surface area contributed by atoms with Gasteiger partial charge in [-0.15, -0.1) is 0 Å². The number of hydrogen-bond donors (Lipinski definition) is 1. The third-order valence-corrected chi connectivity index (χ3v) is 5.26. The molecule has 0 radical (unpaired) electrons. The predicted molar refractivity (Wildman–Crippen MR) is 113 cm³/mol. The predicted octanol–water partition coefficient (Wildman–Crippen LogP) is 2.96. The van der Waals surface area contributed by atoms with Crippen LogP contribution in [0.2, 0.25) is 5.02 Å². The Balaban J connectivity index is 1.31. The number of para-hydroxylation sites is 1. The van der Waals surface area contributed by atoms with Crippen molar-refractivity contribution in [2.24, 2.45) is 0 Å². The van der Waals surface area contributed by atoms with Crippen LogP contribution in [0.1, 0.15) is 11.1 Å². The van der Waals surface area contributed by atoms with E-state index in [0.717, 1.165) is 44.0 Å². The highest BCUT2D eigenvalue weighted by atomic mass is 35.5. The summed E-state index contributed by atoms with van der Waals surface area (Å²) in [5.74, 6) is 0.809. The summed E-state index contributed by atoms with van der Waals surface area (Å²) in [4.78, 5) is 16.8. The molecule has 1 fully saturated rings. The second-order valence-corrected chi connectivity index (χ2v) is 7.57. The molecule has 1 N–H and O–H groups in total. The van der Waals surface area contributed by atoms with Crippen molar-refractivity contribution in [1.29, 1.82) is 0 Å². The van der Waals surface area contributed by atoms with Crippen LogP contribution in [0.25, 0.3) is 0 Å². The molecule has 28 heavy (non-hydrogen) atoms. The molecule has 1 amide bonds. The lowest BCUT2D eigenvalue weighted by atomic mass is 10.1. The summed E-state index contributed by atoms with van der Waals surface area (Å²) in [6.07, 6.45) is 0. The second-order valence-electron chi connectivity index (χ2n) is 7.16. The van der Waals surface area contributed by atoms with Crippen molar-refractivity contribution < 1.29 is 9.53 Å². The van der Waals surface area contributed by atoms with Gasteiger partial charge in [0.1, 0.15) is 12.4 Å². The minimum Gasteiger partial charge on any atom is -0.491 e. The number of hydrogen-bond acceptors (Lipinski definition) is 4. The maximum Gasteiger partial charge on any atom is 0.234 e. The van der Waals surface area contributed by atoms with Gasteiger partial charge in [0.2, 0.25) is 5.91 Å². The smallest absolute Gasteiger partial charge is 0.234 e. The minimum atomic E-state index is 0.0797. The van der Waals surface area contributed by atoms with E-state index < -0.39 is 0 Å². The number of benzene rings is 2. The lowest BCUT2D eigenvalue weighted by Gasteiger charge is -2.34. The van der Waals surface area contributed by atoms with Crippen molar-refractivity contribution in [2.45, 2.75) is 13.5 Å². The van der Waals surface area contributed by atoms with Gasteiger partial charge >= 0.3 is 0 Å². The van der Waals surface area contributed by atoms with E-state index in [2.05, 4.69) is 46.3 Å². The zero-order valence-electron chi connectivity index (χ0n) is 16.4. The number of nitrogens with zero attached hydrogens (tertiary/aromatic N) is 2. The number of nitrogens with one attached hydrogen (secondary N) is 1. The molecule has 6 heteroatoms. The number of aryl methyl sites for hydroxylation is 1. The number of ether oxygens (including phenoxy) is 1. The first-order valence-corrected chi connectivity index (χ1v) is 10.1. The standard InChI is InChI=1S/C22H28ClN3O2/c1-18-6-8-19(9-7-18)16-24-22(27)17-26-12-10-25(11-13-26)14-15-28-21-5-3-2-4-20(21)23/h2-9H,10-17H2,1H3,(H,24,27). The molecular weight excluding hydrogens is 374 g/mol. The van der Waals surface area contributed by atoms with E-state index in [1.807, 2.05) is 24.3 Å². The molecule has 0 atom stereocenters. The summed E-state index contributed by atoms with van der Waals surface area (Å²) in [5.41, 5.74) is 2.35. The molecule has 1 aliphatic heterocycles. The zero-order valence-corrected chi connectivity index (χ0v) is 17.1. The Bertz CT molecular complexity index is 759. The molecule has 3 rings (SSSR count). The van der Waals surface area contributed by atoms with Crippen LogP contribution < -0.4 is 10.1 Å². The molecule has 1 heterocycles. The third-order valence-electron chi connectivity index (χ3n) is 4.94. The van der Waals surface area contributed by atoms with Crippen molar-refractivity contribution in [3.63, 3.8) is 0 Å². The van der Waals surface area contributed by atoms with E-state index in [1.54, 1.807) is 0 Å². The van der Waals surface area contributed by atoms with Crippen molar-refractivity contribution in [3.8, 4) is 5.75 Å². The molecule has 0 spiro atoms. The van der Waals surface area contributed by atoms with Crippen LogP contribution in [-0.4, -0.2) is 61.6 Å². The van der Waals surface area contributed by atoms with Gasteiger partial charge in [-0.25, -0.2) is 0 Å². The first kappa shape index (κ1) is 20.6. The summed E-state index contributed by atoms with van der Waals surface area (Å²) in [6.45, 7) is 8.24. The SMILES string of the molecule is Cc1ccc(CNC(=O)CN2CCN(CCOc3ccccc3Cl)CC2)cc1. The molecule has 1 saturated heterocycles. The van der Waals surface area contributed by atoms with E-state index in [1.165, 1.54) is 5.56 Å². The Kier molecular flexibility index (Phi) is 7.71. The summed E-state index contributed by atoms with van der Waals surface area (Å²) in [5, 5.41) is 3.65. The molecule has 2 aromatic carbocycles. The van der Waals surface area contributed by atoms with Gasteiger partial charge in [0, 0.05) is 39.3 Å². The molecule has 1 aliphatic rings. The highest BCUT2D eigenvalue weighted by molar-refractivity contribution is 6.32. The molecule has 2 aromatic rings. The van der Waals surface area contributed by atoms with Gasteiger partial charge in [0.05, 0.1) is 11.6 Å². The lowest BCUT2D eigenvalue weighted by Crippen LogP contribution is -2.50. The first-order valence-electron chi connectivity index (χ1n) is 9.74. The molecular formula is C22H28ClN3O2. The van der Waals surface area contributed by atoms with E-state index in [0.29, 0.717) is 24.7 Å². The minimum absolute atomic E-state index is 0.0797. The highest BCUT2D eigenvalue weighted by Crippen LogP contribution is 2.22. The summed E-state index contributed by atoms with van der Waals surface area (Å²) >= 11 is 6.10. The Morgan fingerprint density at radius 3 is 2.43 bits per heavy atom. The van der Waals surface area contributed by atoms with Crippen molar-refractivity contribution in [3.05, 3.63) is 64.7 Å². The Hall–Kier alpha value is -2.08. The molecule has 0 unspecified atom stereocenters. The number of carbonyl (C=O) groups excluding carboxylic acids is 1. The van der Waals surface area contributed by atoms with Crippen molar-refractivity contribution in [2.75, 3.05) is 45.9 Å². The molecule has 0 aromatic heterocycles. The number of halogens is 1. The lowest BCUT2D eigenvalue weighted by molar-refractivity contribution is -0.122. The van der Waals surface area contributed by atoms with Crippen LogP contribution in [0.3, 0.4) is 0 Å². The first-order chi connectivity index (χ1) is 13.6. The van der Waals surface area contributed by atoms with Gasteiger partial charge in [-0.1, -0.05) is 53.6 Å². The quantitative estimate of drug-likeness (QED) is 0.738. The average Bonchev–Trinajstić information content (AvgIpc) is 2.70. The van der Waals surface area contributed by atoms with Crippen LogP contribution in [-0.2, 0) is 11.3 Å². The molecule has 0 bridgehead atoms. The second kappa shape index (κ2) is 10.5. The summed E-state index contributed by atoms with van der Waals surface area (Å²) < 4.78 is 5.76. The van der Waals surface area contributed by atoms with Crippen LogP contribution in [0.5, 0.6) is 5.75 Å². The van der Waals surface area contributed by atoms with E-state index in [4.69, 9.17) is 16.3 Å². The van der Waals surface area contributed by atoms with Crippen molar-refractivity contribution in [1.82, 2.24) is 15.1 Å². The topological polar surface area (TPSA) is 44.8 Å². The Morgan fingerprint density at radius 2 is 1.71 bits per heavy atom. The van der Waals surface area contributed by atoms with Crippen LogP contribution in [0.15, 0.2) is 48.5 Å². The molecule has 0 saturated carbocycles. The summed E-state index contributed by atoms with van der Waals surface area (Å²) in [6, 6.07) is 15.8. The van der Waals surface area contributed by atoms with Crippen LogP contribution in [0.4, 0.5) is 0 Å². The average molecular weight is 402 g/mol. The third kappa shape index (κ3) is 6.51. The van der Waals surface area contributed by atoms with Gasteiger partial charge in [0.25, 0.3) is 0 Å². The summed E-state index contributed by atoms with van der Waals surface area (Å²) in [7, 11) is 0. The van der Waals surface area contributed by atoms with Crippen LogP contribution in [0, 0.1) is 6.92 Å². The monoisotopic (exact) mass is 401 g/mol. The van der Waals surface area contributed by atoms with Gasteiger partial charge in [-0.3, -0.25) is 14.6 Å². The van der Waals surface area contributed by atoms with Gasteiger partial charge in [-0.2, -0.15) is 0 Å². The molecule has 5 nitrogen and oxygen atoms in total. The Morgan fingerprint density at radius 1 is 1.04 bits per heavy atom. The van der Waals surface area contributed by atoms with E-state index in [-0.39, 0.29) is 5.91 Å². The normalized spacial score (nSPS) is 15.4. The number of amides is 1. The van der Waals surface area contributed by atoms with Crippen molar-refractivity contribution >= 4 is 17.5 Å². The number of rotatable bonds is 8. The number of piperazine rings is 1. The fourth-order valence-electron chi connectivity index (χ4n) is 3.18. The Labute approximate surface area is 172 Å². The maximum absolute atomic E-state index is 12.2. The van der Waals surface area contributed by atoms with Gasteiger partial charge < -0.3 is 10.1 Å². The van der Waals surface area contributed by atoms with Gasteiger partial charge in [-0.05, 0) is 24.6 Å². The molecule has 0 aliphatic carbocycles. The van der Waals surface area contributed by atoms with E-state index >= 15 is 0 Å². The number of carbonyl (C=O) groups is 1.